The van der Waals surface area contributed by atoms with E-state index in [4.69, 9.17) is 0 Å². The third-order valence-corrected chi connectivity index (χ3v) is 3.39. The van der Waals surface area contributed by atoms with Crippen LogP contribution in [0.25, 0.3) is 0 Å². The molecule has 7 heteroatoms. The summed E-state index contributed by atoms with van der Waals surface area (Å²) in [5.41, 5.74) is 0.264. The molecule has 7 nitrogen and oxygen atoms in total. The normalized spacial score (nSPS) is 13.0. The molecule has 0 saturated carbocycles. The lowest BCUT2D eigenvalue weighted by Crippen LogP contribution is -2.30. The second-order valence-corrected chi connectivity index (χ2v) is 4.83. The maximum absolute atomic E-state index is 12.1. The average Bonchev–Trinajstić information content (AvgIpc) is 2.79. The van der Waals surface area contributed by atoms with Gasteiger partial charge in [0.25, 0.3) is 23.6 Å². The van der Waals surface area contributed by atoms with Gasteiger partial charge in [0.1, 0.15) is 0 Å². The van der Waals surface area contributed by atoms with Crippen LogP contribution in [0.4, 0.5) is 0 Å². The standard InChI is InChI=1S/C16H10N2O5/c19-13(9-4-2-1-3-5-9)17-14(20)10-6-7-11-12(8-10)16(22)18(23)15(11)21/h1-8,23H,(H,17,19,20). The molecule has 0 aromatic heterocycles. The number of carbonyl (C=O) groups excluding carboxylic acids is 4. The lowest BCUT2D eigenvalue weighted by atomic mass is 10.1. The van der Waals surface area contributed by atoms with E-state index in [1.54, 1.807) is 30.3 Å². The van der Waals surface area contributed by atoms with Crippen LogP contribution in [0.3, 0.4) is 0 Å². The first-order valence-corrected chi connectivity index (χ1v) is 6.61. The van der Waals surface area contributed by atoms with Crippen molar-refractivity contribution in [3.8, 4) is 0 Å². The fourth-order valence-corrected chi connectivity index (χ4v) is 2.21. The third-order valence-electron chi connectivity index (χ3n) is 3.39. The van der Waals surface area contributed by atoms with Gasteiger partial charge in [-0.05, 0) is 30.3 Å². The Morgan fingerprint density at radius 2 is 1.43 bits per heavy atom. The third kappa shape index (κ3) is 2.49. The molecule has 0 fully saturated rings. The molecule has 114 valence electrons. The summed E-state index contributed by atoms with van der Waals surface area (Å²) in [6.07, 6.45) is 0. The second-order valence-electron chi connectivity index (χ2n) is 4.83. The molecule has 0 unspecified atom stereocenters. The van der Waals surface area contributed by atoms with Gasteiger partial charge in [0, 0.05) is 11.1 Å². The first kappa shape index (κ1) is 14.6. The number of amides is 4. The summed E-state index contributed by atoms with van der Waals surface area (Å²) < 4.78 is 0. The molecule has 3 rings (SSSR count). The molecule has 0 spiro atoms. The van der Waals surface area contributed by atoms with E-state index < -0.39 is 23.6 Å². The summed E-state index contributed by atoms with van der Waals surface area (Å²) in [5.74, 6) is -3.05. The van der Waals surface area contributed by atoms with Crippen LogP contribution in [-0.2, 0) is 0 Å². The molecule has 2 aromatic rings. The van der Waals surface area contributed by atoms with E-state index >= 15 is 0 Å². The fraction of sp³-hybridized carbons (Fsp3) is 0. The molecule has 1 aliphatic heterocycles. The van der Waals surface area contributed by atoms with E-state index in [-0.39, 0.29) is 21.8 Å². The minimum absolute atomic E-state index is 0.00318. The number of nitrogens with one attached hydrogen (secondary N) is 1. The zero-order valence-corrected chi connectivity index (χ0v) is 11.6. The van der Waals surface area contributed by atoms with E-state index in [0.717, 1.165) is 0 Å². The second kappa shape index (κ2) is 5.47. The summed E-state index contributed by atoms with van der Waals surface area (Å²) >= 11 is 0. The lowest BCUT2D eigenvalue weighted by Gasteiger charge is -2.05. The summed E-state index contributed by atoms with van der Waals surface area (Å²) in [4.78, 5) is 47.3. The highest BCUT2D eigenvalue weighted by atomic mass is 16.5. The number of nitrogens with zero attached hydrogens (tertiary/aromatic N) is 1. The number of rotatable bonds is 2. The molecule has 2 N–H and O–H groups in total. The van der Waals surface area contributed by atoms with Crippen molar-refractivity contribution in [2.75, 3.05) is 0 Å². The first-order valence-electron chi connectivity index (χ1n) is 6.61. The zero-order valence-electron chi connectivity index (χ0n) is 11.6. The Hall–Kier alpha value is -3.32. The SMILES string of the molecule is O=C(NC(=O)c1ccc2c(c1)C(=O)N(O)C2=O)c1ccccc1. The van der Waals surface area contributed by atoms with Crippen molar-refractivity contribution in [3.63, 3.8) is 0 Å². The van der Waals surface area contributed by atoms with Crippen molar-refractivity contribution in [1.82, 2.24) is 10.4 Å². The minimum atomic E-state index is -0.908. The number of carbonyl (C=O) groups is 4. The number of fused-ring (bicyclic) bond motifs is 1. The van der Waals surface area contributed by atoms with Crippen molar-refractivity contribution < 1.29 is 24.4 Å². The summed E-state index contributed by atoms with van der Waals surface area (Å²) in [6.45, 7) is 0. The highest BCUT2D eigenvalue weighted by Crippen LogP contribution is 2.22. The number of hydrogen-bond donors (Lipinski definition) is 2. The Balaban J connectivity index is 1.84. The first-order chi connectivity index (χ1) is 11.0. The van der Waals surface area contributed by atoms with Crippen LogP contribution in [0.2, 0.25) is 0 Å². The fourth-order valence-electron chi connectivity index (χ4n) is 2.21. The smallest absolute Gasteiger partial charge is 0.285 e. The van der Waals surface area contributed by atoms with Crippen molar-refractivity contribution >= 4 is 23.6 Å². The molecular formula is C16H10N2O5. The quantitative estimate of drug-likeness (QED) is 0.641. The highest BCUT2D eigenvalue weighted by molar-refractivity contribution is 6.21. The van der Waals surface area contributed by atoms with Crippen molar-refractivity contribution in [2.45, 2.75) is 0 Å². The largest absolute Gasteiger partial charge is 0.288 e. The van der Waals surface area contributed by atoms with Crippen LogP contribution in [0.15, 0.2) is 48.5 Å². The minimum Gasteiger partial charge on any atom is -0.288 e. The molecule has 1 aliphatic rings. The number of hydroxylamine groups is 2. The van der Waals surface area contributed by atoms with Crippen molar-refractivity contribution in [3.05, 3.63) is 70.8 Å². The van der Waals surface area contributed by atoms with Gasteiger partial charge in [-0.3, -0.25) is 29.7 Å². The molecule has 23 heavy (non-hydrogen) atoms. The van der Waals surface area contributed by atoms with E-state index in [2.05, 4.69) is 5.32 Å². The molecular weight excluding hydrogens is 300 g/mol. The van der Waals surface area contributed by atoms with Gasteiger partial charge >= 0.3 is 0 Å². The van der Waals surface area contributed by atoms with Crippen LogP contribution >= 0.6 is 0 Å². The highest BCUT2D eigenvalue weighted by Gasteiger charge is 2.35. The van der Waals surface area contributed by atoms with Gasteiger partial charge in [-0.15, -0.1) is 5.06 Å². The Morgan fingerprint density at radius 3 is 2.13 bits per heavy atom. The maximum atomic E-state index is 12.1. The van der Waals surface area contributed by atoms with Crippen molar-refractivity contribution in [1.29, 1.82) is 0 Å². The molecule has 0 aliphatic carbocycles. The summed E-state index contributed by atoms with van der Waals surface area (Å²) in [5, 5.41) is 11.5. The Kier molecular flexibility index (Phi) is 3.47. The number of imide groups is 2. The zero-order chi connectivity index (χ0) is 16.6. The molecule has 0 atom stereocenters. The van der Waals surface area contributed by atoms with Gasteiger partial charge in [0.05, 0.1) is 11.1 Å². The Labute approximate surface area is 130 Å². The number of benzene rings is 2. The van der Waals surface area contributed by atoms with Crippen molar-refractivity contribution in [2.24, 2.45) is 0 Å². The van der Waals surface area contributed by atoms with Crippen LogP contribution in [0.5, 0.6) is 0 Å². The summed E-state index contributed by atoms with van der Waals surface area (Å²) in [6, 6.07) is 11.9. The predicted octanol–water partition coefficient (Wildman–Crippen LogP) is 1.24. The van der Waals surface area contributed by atoms with Crippen LogP contribution in [0, 0.1) is 0 Å². The van der Waals surface area contributed by atoms with Crippen LogP contribution in [-0.4, -0.2) is 33.9 Å². The van der Waals surface area contributed by atoms with E-state index in [0.29, 0.717) is 5.56 Å². The van der Waals surface area contributed by atoms with Crippen LogP contribution < -0.4 is 5.32 Å². The molecule has 1 heterocycles. The van der Waals surface area contributed by atoms with Gasteiger partial charge in [0.15, 0.2) is 0 Å². The lowest BCUT2D eigenvalue weighted by molar-refractivity contribution is -0.0327. The molecule has 2 aromatic carbocycles. The van der Waals surface area contributed by atoms with E-state index in [1.807, 2.05) is 0 Å². The van der Waals surface area contributed by atoms with E-state index in [1.165, 1.54) is 18.2 Å². The Morgan fingerprint density at radius 1 is 0.826 bits per heavy atom. The van der Waals surface area contributed by atoms with Gasteiger partial charge in [-0.1, -0.05) is 18.2 Å². The molecule has 0 radical (unpaired) electrons. The maximum Gasteiger partial charge on any atom is 0.285 e. The predicted molar refractivity (Wildman–Crippen MR) is 77.0 cm³/mol. The molecule has 4 amide bonds. The Bertz CT molecular complexity index is 845. The van der Waals surface area contributed by atoms with E-state index in [9.17, 15) is 24.4 Å². The van der Waals surface area contributed by atoms with Crippen LogP contribution in [0.1, 0.15) is 41.4 Å². The molecule has 0 saturated heterocycles. The average molecular weight is 310 g/mol. The van der Waals surface area contributed by atoms with Gasteiger partial charge in [0.2, 0.25) is 0 Å². The van der Waals surface area contributed by atoms with Gasteiger partial charge in [-0.25, -0.2) is 0 Å². The topological polar surface area (TPSA) is 104 Å². The van der Waals surface area contributed by atoms with Gasteiger partial charge < -0.3 is 0 Å². The monoisotopic (exact) mass is 310 g/mol. The summed E-state index contributed by atoms with van der Waals surface area (Å²) in [7, 11) is 0. The number of hydrogen-bond acceptors (Lipinski definition) is 5. The van der Waals surface area contributed by atoms with Gasteiger partial charge in [-0.2, -0.15) is 0 Å². The molecule has 0 bridgehead atoms.